The molecule has 4 aliphatic carbocycles. The van der Waals surface area contributed by atoms with Crippen LogP contribution in [0.4, 0.5) is 4.39 Å². The summed E-state index contributed by atoms with van der Waals surface area (Å²) in [4.78, 5) is 25.2. The third kappa shape index (κ3) is 2.04. The molecule has 5 fully saturated rings. The van der Waals surface area contributed by atoms with Gasteiger partial charge in [0.05, 0.1) is 12.2 Å². The number of ether oxygens (including phenoxy) is 3. The summed E-state index contributed by atoms with van der Waals surface area (Å²) >= 11 is 0. The Morgan fingerprint density at radius 2 is 1.90 bits per heavy atom. The van der Waals surface area contributed by atoms with Crippen LogP contribution >= 0.6 is 0 Å². The molecule has 0 radical (unpaired) electrons. The maximum Gasteiger partial charge on any atom is 0.193 e. The van der Waals surface area contributed by atoms with Crippen molar-refractivity contribution in [2.24, 2.45) is 22.7 Å². The van der Waals surface area contributed by atoms with Crippen molar-refractivity contribution in [2.45, 2.75) is 82.3 Å². The summed E-state index contributed by atoms with van der Waals surface area (Å²) in [6.07, 6.45) is 4.25. The summed E-state index contributed by atoms with van der Waals surface area (Å²) in [5.74, 6) is -1.70. The first-order chi connectivity index (χ1) is 14.4. The lowest BCUT2D eigenvalue weighted by atomic mass is 9.46. The average Bonchev–Trinajstić information content (AvgIpc) is 3.28. The van der Waals surface area contributed by atoms with Gasteiger partial charge in [0, 0.05) is 10.8 Å². The second-order valence-electron chi connectivity index (χ2n) is 11.1. The number of hydrogen-bond donors (Lipinski definition) is 1. The van der Waals surface area contributed by atoms with E-state index in [2.05, 4.69) is 0 Å². The molecule has 1 N–H and O–H groups in total. The zero-order chi connectivity index (χ0) is 22.2. The number of fused-ring (bicyclic) bond motifs is 5. The van der Waals surface area contributed by atoms with Crippen molar-refractivity contribution < 1.29 is 33.3 Å². The number of alkyl halides is 1. The van der Waals surface area contributed by atoms with Crippen molar-refractivity contribution in [3.63, 3.8) is 0 Å². The number of aliphatic hydroxyl groups excluding tert-OH is 1. The highest BCUT2D eigenvalue weighted by Gasteiger charge is 2.85. The minimum absolute atomic E-state index is 0.0643. The van der Waals surface area contributed by atoms with Crippen molar-refractivity contribution in [1.82, 2.24) is 0 Å². The molecule has 6 nitrogen and oxygen atoms in total. The molecule has 0 amide bonds. The molecule has 7 heteroatoms. The first-order valence-electron chi connectivity index (χ1n) is 11.2. The highest BCUT2D eigenvalue weighted by Crippen LogP contribution is 2.77. The predicted molar refractivity (Wildman–Crippen MR) is 107 cm³/mol. The van der Waals surface area contributed by atoms with Gasteiger partial charge < -0.3 is 19.3 Å². The van der Waals surface area contributed by atoms with Gasteiger partial charge in [0.2, 0.25) is 0 Å². The number of rotatable bonds is 2. The normalized spacial score (nSPS) is 55.5. The third-order valence-electron chi connectivity index (χ3n) is 9.47. The zero-order valence-corrected chi connectivity index (χ0v) is 18.3. The number of ketones is 2. The van der Waals surface area contributed by atoms with Crippen LogP contribution in [0.3, 0.4) is 0 Å². The van der Waals surface area contributed by atoms with Crippen LogP contribution in [0.15, 0.2) is 23.8 Å². The number of epoxide rings is 1. The van der Waals surface area contributed by atoms with Crippen LogP contribution in [0, 0.1) is 22.7 Å². The molecule has 2 aliphatic heterocycles. The van der Waals surface area contributed by atoms with Crippen LogP contribution in [0.1, 0.15) is 47.0 Å². The first-order valence-corrected chi connectivity index (χ1v) is 11.2. The lowest BCUT2D eigenvalue weighted by Gasteiger charge is -2.56. The van der Waals surface area contributed by atoms with E-state index in [-0.39, 0.29) is 35.9 Å². The van der Waals surface area contributed by atoms with E-state index in [0.717, 1.165) is 0 Å². The molecule has 0 aromatic heterocycles. The summed E-state index contributed by atoms with van der Waals surface area (Å²) in [5, 5.41) is 9.86. The van der Waals surface area contributed by atoms with Gasteiger partial charge >= 0.3 is 0 Å². The van der Waals surface area contributed by atoms with Gasteiger partial charge in [-0.15, -0.1) is 0 Å². The summed E-state index contributed by atoms with van der Waals surface area (Å²) < 4.78 is 34.5. The van der Waals surface area contributed by atoms with Gasteiger partial charge in [0.25, 0.3) is 0 Å². The molecule has 6 rings (SSSR count). The topological polar surface area (TPSA) is 85.4 Å². The molecule has 31 heavy (non-hydrogen) atoms. The van der Waals surface area contributed by atoms with Crippen LogP contribution in [-0.4, -0.2) is 58.6 Å². The highest BCUT2D eigenvalue weighted by molar-refractivity contribution is 6.01. The lowest BCUT2D eigenvalue weighted by Crippen LogP contribution is -2.64. The van der Waals surface area contributed by atoms with Crippen molar-refractivity contribution in [1.29, 1.82) is 0 Å². The van der Waals surface area contributed by atoms with E-state index in [0.29, 0.717) is 18.4 Å². The number of halogens is 1. The number of Topliss-reactive ketones (excluding diaryl/α,β-unsaturated/α-hetero) is 1. The maximum absolute atomic E-state index is 15.5. The van der Waals surface area contributed by atoms with E-state index in [9.17, 15) is 14.7 Å². The van der Waals surface area contributed by atoms with Gasteiger partial charge in [-0.1, -0.05) is 13.0 Å². The van der Waals surface area contributed by atoms with Crippen molar-refractivity contribution >= 4 is 11.6 Å². The Morgan fingerprint density at radius 1 is 1.16 bits per heavy atom. The predicted octanol–water partition coefficient (Wildman–Crippen LogP) is 2.44. The Balaban J connectivity index is 1.48. The molecule has 9 atom stereocenters. The fraction of sp³-hybridized carbons (Fsp3) is 0.750. The smallest absolute Gasteiger partial charge is 0.193 e. The average molecular weight is 432 g/mol. The Kier molecular flexibility index (Phi) is 3.62. The quantitative estimate of drug-likeness (QED) is 0.675. The van der Waals surface area contributed by atoms with E-state index in [1.54, 1.807) is 13.8 Å². The van der Waals surface area contributed by atoms with Gasteiger partial charge in [-0.2, -0.15) is 0 Å². The molecule has 168 valence electrons. The highest BCUT2D eigenvalue weighted by atomic mass is 19.1. The lowest BCUT2D eigenvalue weighted by molar-refractivity contribution is -0.212. The molecule has 0 bridgehead atoms. The second-order valence-corrected chi connectivity index (χ2v) is 11.1. The number of hydrogen-bond acceptors (Lipinski definition) is 6. The molecule has 2 saturated heterocycles. The van der Waals surface area contributed by atoms with Gasteiger partial charge in [-0.25, -0.2) is 4.39 Å². The number of allylic oxidation sites excluding steroid dienone is 2. The van der Waals surface area contributed by atoms with E-state index < -0.39 is 46.7 Å². The van der Waals surface area contributed by atoms with Crippen LogP contribution < -0.4 is 0 Å². The van der Waals surface area contributed by atoms with Crippen molar-refractivity contribution in [3.05, 3.63) is 23.8 Å². The summed E-state index contributed by atoms with van der Waals surface area (Å²) in [6, 6.07) is 0. The third-order valence-corrected chi connectivity index (χ3v) is 9.47. The molecular formula is C24H29FO6. The van der Waals surface area contributed by atoms with Crippen LogP contribution in [0.2, 0.25) is 0 Å². The molecule has 0 aromatic carbocycles. The Labute approximate surface area is 180 Å². The fourth-order valence-electron chi connectivity index (χ4n) is 8.36. The first kappa shape index (κ1) is 20.2. The fourth-order valence-corrected chi connectivity index (χ4v) is 8.36. The molecule has 9 unspecified atom stereocenters. The van der Waals surface area contributed by atoms with Crippen LogP contribution in [-0.2, 0) is 23.8 Å². The number of carbonyl (C=O) groups is 2. The minimum Gasteiger partial charge on any atom is -0.388 e. The minimum atomic E-state index is -1.27. The molecular weight excluding hydrogens is 403 g/mol. The largest absolute Gasteiger partial charge is 0.388 e. The molecule has 1 spiro atoms. The Bertz CT molecular complexity index is 971. The van der Waals surface area contributed by atoms with Crippen molar-refractivity contribution in [2.75, 3.05) is 6.61 Å². The summed E-state index contributed by atoms with van der Waals surface area (Å²) in [5.41, 5.74) is -2.68. The van der Waals surface area contributed by atoms with Crippen molar-refractivity contribution in [3.8, 4) is 0 Å². The molecule has 2 heterocycles. The number of aliphatic hydroxyl groups is 1. The molecule has 3 saturated carbocycles. The standard InChI is InChI=1S/C24H29FO6/c1-20(2)29-18-9-13-14-8-16(25)15-7-12(27)5-6-21(15,3)23(14)19(30-23)10-22(13,4)24(18,31-20)17(28)11-26/h5-7,13-14,16,18-19,26H,8-11H2,1-4H3. The van der Waals surface area contributed by atoms with Gasteiger partial charge in [-0.05, 0) is 69.6 Å². The van der Waals surface area contributed by atoms with Crippen LogP contribution in [0.5, 0.6) is 0 Å². The number of carbonyl (C=O) groups excluding carboxylic acids is 2. The second kappa shape index (κ2) is 5.56. The van der Waals surface area contributed by atoms with Gasteiger partial charge in [-0.3, -0.25) is 9.59 Å². The van der Waals surface area contributed by atoms with E-state index >= 15 is 4.39 Å². The molecule has 6 aliphatic rings. The Hall–Kier alpha value is -1.41. The van der Waals surface area contributed by atoms with Gasteiger partial charge in [0.1, 0.15) is 18.4 Å². The van der Waals surface area contributed by atoms with E-state index in [1.165, 1.54) is 12.2 Å². The van der Waals surface area contributed by atoms with Gasteiger partial charge in [0.15, 0.2) is 23.0 Å². The molecule has 0 aromatic rings. The SMILES string of the molecule is CC1(C)OC2CC3C4CC(F)C5=CC(=O)C=CC5(C)C45OC5CC3(C)C2(C(=O)CO)O1. The monoisotopic (exact) mass is 432 g/mol. The maximum atomic E-state index is 15.5. The zero-order valence-electron chi connectivity index (χ0n) is 18.3. The van der Waals surface area contributed by atoms with E-state index in [4.69, 9.17) is 14.2 Å². The Morgan fingerprint density at radius 3 is 2.61 bits per heavy atom. The summed E-state index contributed by atoms with van der Waals surface area (Å²) in [6.45, 7) is 6.96. The summed E-state index contributed by atoms with van der Waals surface area (Å²) in [7, 11) is 0. The van der Waals surface area contributed by atoms with E-state index in [1.807, 2.05) is 19.9 Å². The van der Waals surface area contributed by atoms with Crippen LogP contribution in [0.25, 0.3) is 0 Å².